The van der Waals surface area contributed by atoms with Crippen molar-refractivity contribution in [3.63, 3.8) is 0 Å². The lowest BCUT2D eigenvalue weighted by molar-refractivity contribution is -0.0810. The van der Waals surface area contributed by atoms with Crippen molar-refractivity contribution in [1.82, 2.24) is 0 Å². The summed E-state index contributed by atoms with van der Waals surface area (Å²) >= 11 is 0. The Morgan fingerprint density at radius 2 is 1.15 bits per heavy atom. The molecule has 0 spiro atoms. The molecule has 3 saturated carbocycles. The number of allylic oxidation sites excluding steroid dienone is 1. The maximum absolute atomic E-state index is 11.1. The first-order valence-electron chi connectivity index (χ1n) is 24.6. The zero-order valence-corrected chi connectivity index (χ0v) is 36.5. The van der Waals surface area contributed by atoms with Crippen LogP contribution in [0.4, 0.5) is 0 Å². The van der Waals surface area contributed by atoms with Crippen molar-refractivity contribution in [1.29, 1.82) is 0 Å². The van der Waals surface area contributed by atoms with Gasteiger partial charge in [0.15, 0.2) is 0 Å². The van der Waals surface area contributed by atoms with E-state index < -0.39 is 0 Å². The van der Waals surface area contributed by atoms with Crippen LogP contribution in [0.15, 0.2) is 11.6 Å². The van der Waals surface area contributed by atoms with Gasteiger partial charge in [-0.3, -0.25) is 0 Å². The summed E-state index contributed by atoms with van der Waals surface area (Å²) in [6.45, 7) is 15.2. The van der Waals surface area contributed by atoms with Gasteiger partial charge in [0, 0.05) is 0 Å². The third-order valence-corrected chi connectivity index (χ3v) is 16.5. The Labute approximate surface area is 327 Å². The van der Waals surface area contributed by atoms with Gasteiger partial charge in [0.25, 0.3) is 0 Å². The van der Waals surface area contributed by atoms with Gasteiger partial charge >= 0.3 is 0 Å². The molecule has 1 heteroatoms. The second-order valence-corrected chi connectivity index (χ2v) is 20.7. The standard InChI is InChI=1S/C51H94O/c1-7-8-9-10-11-12-13-14-15-16-17-18-19-20-21-22-23-24-25-26-27-28-32-43-39-45(52)40-44-33-34-46-48-36-35-47(42(4)31-29-30-41(2)3)50(48,5)38-37-49(46)51(43,44)6/h33,41-43,45-49,52H,7-32,34-40H2,1-6H3/t42-,43?,45+,46+,47-,48+,49+,50-,51+/m1/s1. The highest BCUT2D eigenvalue weighted by Crippen LogP contribution is 2.68. The molecule has 1 N–H and O–H groups in total. The molecule has 52 heavy (non-hydrogen) atoms. The normalized spacial score (nSPS) is 32.0. The van der Waals surface area contributed by atoms with Gasteiger partial charge in [0.2, 0.25) is 0 Å². The minimum atomic E-state index is -0.100. The highest BCUT2D eigenvalue weighted by molar-refractivity contribution is 5.27. The van der Waals surface area contributed by atoms with Crippen molar-refractivity contribution in [3.05, 3.63) is 11.6 Å². The summed E-state index contributed by atoms with van der Waals surface area (Å²) in [4.78, 5) is 0. The van der Waals surface area contributed by atoms with Crippen molar-refractivity contribution in [2.75, 3.05) is 0 Å². The van der Waals surface area contributed by atoms with E-state index in [0.29, 0.717) is 16.7 Å². The number of unbranched alkanes of at least 4 members (excludes halogenated alkanes) is 21. The fourth-order valence-corrected chi connectivity index (χ4v) is 13.3. The van der Waals surface area contributed by atoms with E-state index in [0.717, 1.165) is 48.3 Å². The summed E-state index contributed by atoms with van der Waals surface area (Å²) in [5.41, 5.74) is 2.59. The van der Waals surface area contributed by atoms with Gasteiger partial charge in [0.05, 0.1) is 6.10 Å². The fraction of sp³-hybridized carbons (Fsp3) is 0.961. The quantitative estimate of drug-likeness (QED) is 0.0630. The van der Waals surface area contributed by atoms with Crippen LogP contribution >= 0.6 is 0 Å². The van der Waals surface area contributed by atoms with Gasteiger partial charge in [0.1, 0.15) is 0 Å². The molecule has 4 aliphatic carbocycles. The molecule has 1 nitrogen and oxygen atoms in total. The average Bonchev–Trinajstić information content (AvgIpc) is 3.48. The lowest BCUT2D eigenvalue weighted by atomic mass is 9.44. The van der Waals surface area contributed by atoms with Crippen molar-refractivity contribution >= 4 is 0 Å². The van der Waals surface area contributed by atoms with Crippen molar-refractivity contribution in [2.24, 2.45) is 52.3 Å². The SMILES string of the molecule is CCCCCCCCCCCCCCCCCCCCCCCCC1C[C@H](O)CC2=CC[C@H]3[C@@H]4CC[C@H]([C@H](C)CCCC(C)C)[C@@]4(C)CC[C@@H]3[C@]21C. The molecule has 0 saturated heterocycles. The molecule has 4 aliphatic rings. The van der Waals surface area contributed by atoms with Crippen LogP contribution in [-0.2, 0) is 0 Å². The number of aliphatic hydroxyl groups is 1. The Hall–Kier alpha value is -0.300. The van der Waals surface area contributed by atoms with Crippen LogP contribution in [0, 0.1) is 52.3 Å². The molecular weight excluding hydrogens is 629 g/mol. The molecule has 1 unspecified atom stereocenters. The predicted octanol–water partition coefficient (Wildman–Crippen LogP) is 16.6. The van der Waals surface area contributed by atoms with E-state index in [1.807, 2.05) is 0 Å². The molecule has 304 valence electrons. The van der Waals surface area contributed by atoms with E-state index in [2.05, 4.69) is 47.6 Å². The van der Waals surface area contributed by atoms with E-state index in [9.17, 15) is 5.11 Å². The molecule has 0 aromatic rings. The van der Waals surface area contributed by atoms with Crippen LogP contribution in [0.25, 0.3) is 0 Å². The summed E-state index contributed by atoms with van der Waals surface area (Å²) in [5.74, 6) is 6.05. The zero-order chi connectivity index (χ0) is 37.2. The van der Waals surface area contributed by atoms with E-state index in [-0.39, 0.29) is 6.10 Å². The van der Waals surface area contributed by atoms with Crippen LogP contribution in [0.2, 0.25) is 0 Å². The van der Waals surface area contributed by atoms with Crippen LogP contribution in [-0.4, -0.2) is 11.2 Å². The van der Waals surface area contributed by atoms with Crippen molar-refractivity contribution < 1.29 is 5.11 Å². The van der Waals surface area contributed by atoms with Crippen molar-refractivity contribution in [3.8, 4) is 0 Å². The monoisotopic (exact) mass is 723 g/mol. The second kappa shape index (κ2) is 23.7. The van der Waals surface area contributed by atoms with E-state index in [1.54, 1.807) is 5.57 Å². The molecule has 0 aliphatic heterocycles. The Morgan fingerprint density at radius 1 is 0.635 bits per heavy atom. The molecule has 0 aromatic heterocycles. The molecule has 3 fully saturated rings. The second-order valence-electron chi connectivity index (χ2n) is 20.7. The first kappa shape index (κ1) is 44.4. The van der Waals surface area contributed by atoms with Gasteiger partial charge in [-0.25, -0.2) is 0 Å². The molecule has 0 heterocycles. The molecule has 0 bridgehead atoms. The van der Waals surface area contributed by atoms with Gasteiger partial charge in [-0.2, -0.15) is 0 Å². The minimum Gasteiger partial charge on any atom is -0.393 e. The smallest absolute Gasteiger partial charge is 0.0580 e. The highest BCUT2D eigenvalue weighted by atomic mass is 16.3. The molecule has 0 amide bonds. The lowest BCUT2D eigenvalue weighted by Gasteiger charge is -2.61. The first-order chi connectivity index (χ1) is 25.2. The number of aliphatic hydroxyl groups excluding tert-OH is 1. The Morgan fingerprint density at radius 3 is 1.67 bits per heavy atom. The van der Waals surface area contributed by atoms with E-state index in [4.69, 9.17) is 0 Å². The Balaban J connectivity index is 1.07. The van der Waals surface area contributed by atoms with Crippen LogP contribution in [0.1, 0.15) is 253 Å². The lowest BCUT2D eigenvalue weighted by Crippen LogP contribution is -2.53. The largest absolute Gasteiger partial charge is 0.393 e. The van der Waals surface area contributed by atoms with Gasteiger partial charge in [-0.05, 0) is 104 Å². The number of fused-ring (bicyclic) bond motifs is 5. The number of rotatable bonds is 28. The summed E-state index contributed by atoms with van der Waals surface area (Å²) in [6.07, 6.45) is 49.5. The average molecular weight is 723 g/mol. The van der Waals surface area contributed by atoms with Gasteiger partial charge < -0.3 is 5.11 Å². The number of hydrogen-bond acceptors (Lipinski definition) is 1. The molecular formula is C51H94O. The van der Waals surface area contributed by atoms with Gasteiger partial charge in [-0.1, -0.05) is 214 Å². The van der Waals surface area contributed by atoms with Crippen LogP contribution in [0.5, 0.6) is 0 Å². The molecule has 0 radical (unpaired) electrons. The topological polar surface area (TPSA) is 20.2 Å². The van der Waals surface area contributed by atoms with Crippen LogP contribution < -0.4 is 0 Å². The minimum absolute atomic E-state index is 0.100. The van der Waals surface area contributed by atoms with Crippen molar-refractivity contribution in [2.45, 2.75) is 260 Å². The maximum Gasteiger partial charge on any atom is 0.0580 e. The summed E-state index contributed by atoms with van der Waals surface area (Å²) in [7, 11) is 0. The Bertz CT molecular complexity index is 964. The molecule has 0 aromatic carbocycles. The Kier molecular flexibility index (Phi) is 20.2. The third-order valence-electron chi connectivity index (χ3n) is 16.5. The van der Waals surface area contributed by atoms with Crippen LogP contribution in [0.3, 0.4) is 0 Å². The summed E-state index contributed by atoms with van der Waals surface area (Å²) in [5, 5.41) is 11.1. The summed E-state index contributed by atoms with van der Waals surface area (Å²) in [6, 6.07) is 0. The fourth-order valence-electron chi connectivity index (χ4n) is 13.3. The van der Waals surface area contributed by atoms with Gasteiger partial charge in [-0.15, -0.1) is 0 Å². The molecule has 9 atom stereocenters. The maximum atomic E-state index is 11.1. The summed E-state index contributed by atoms with van der Waals surface area (Å²) < 4.78 is 0. The third kappa shape index (κ3) is 12.9. The molecule has 4 rings (SSSR count). The van der Waals surface area contributed by atoms with E-state index in [1.165, 1.54) is 199 Å². The number of hydrogen-bond donors (Lipinski definition) is 1. The predicted molar refractivity (Wildman–Crippen MR) is 230 cm³/mol. The first-order valence-corrected chi connectivity index (χ1v) is 24.6. The van der Waals surface area contributed by atoms with E-state index >= 15 is 0 Å². The zero-order valence-electron chi connectivity index (χ0n) is 36.5. The highest BCUT2D eigenvalue weighted by Gasteiger charge is 2.60.